The van der Waals surface area contributed by atoms with Crippen molar-refractivity contribution in [1.82, 2.24) is 4.90 Å². The average Bonchev–Trinajstić information content (AvgIpc) is 2.69. The third kappa shape index (κ3) is 5.49. The van der Waals surface area contributed by atoms with E-state index in [-0.39, 0.29) is 5.91 Å². The van der Waals surface area contributed by atoms with Crippen LogP contribution in [0.4, 0.5) is 0 Å². The summed E-state index contributed by atoms with van der Waals surface area (Å²) in [5.41, 5.74) is 2.11. The fraction of sp³-hybridized carbons (Fsp3) is 0.364. The van der Waals surface area contributed by atoms with Gasteiger partial charge in [-0.2, -0.15) is 5.26 Å². The lowest BCUT2D eigenvalue weighted by Crippen LogP contribution is -2.31. The van der Waals surface area contributed by atoms with Crippen molar-refractivity contribution in [3.8, 4) is 17.6 Å². The van der Waals surface area contributed by atoms with Crippen molar-refractivity contribution in [3.05, 3.63) is 59.2 Å². The van der Waals surface area contributed by atoms with Crippen molar-refractivity contribution in [2.75, 3.05) is 19.8 Å². The van der Waals surface area contributed by atoms with Crippen molar-refractivity contribution >= 4 is 5.91 Å². The summed E-state index contributed by atoms with van der Waals surface area (Å²) in [6, 6.07) is 14.6. The van der Waals surface area contributed by atoms with Crippen LogP contribution in [0.5, 0.6) is 11.5 Å². The molecule has 0 atom stereocenters. The second-order valence-corrected chi connectivity index (χ2v) is 6.06. The van der Waals surface area contributed by atoms with Gasteiger partial charge in [-0.25, -0.2) is 0 Å². The Bertz CT molecular complexity index is 794. The molecule has 2 rings (SSSR count). The second-order valence-electron chi connectivity index (χ2n) is 6.06. The Labute approximate surface area is 161 Å². The molecule has 0 saturated carbocycles. The van der Waals surface area contributed by atoms with Crippen molar-refractivity contribution in [1.29, 1.82) is 5.26 Å². The number of hydrogen-bond acceptors (Lipinski definition) is 4. The standard InChI is InChI=1S/C22H26N2O3/c1-4-13-24(22(25)19-10-7-17(15-23)8-11-19)16-18-9-12-20(26-5-2)21(14-18)27-6-3/h7-12,14H,4-6,13,16H2,1-3H3. The van der Waals surface area contributed by atoms with Crippen molar-refractivity contribution < 1.29 is 14.3 Å². The van der Waals surface area contributed by atoms with Crippen LogP contribution in [-0.2, 0) is 6.54 Å². The van der Waals surface area contributed by atoms with Gasteiger partial charge in [-0.05, 0) is 62.2 Å². The first kappa shape index (κ1) is 20.3. The van der Waals surface area contributed by atoms with Gasteiger partial charge in [0.25, 0.3) is 5.91 Å². The van der Waals surface area contributed by atoms with Crippen molar-refractivity contribution in [3.63, 3.8) is 0 Å². The average molecular weight is 366 g/mol. The van der Waals surface area contributed by atoms with Gasteiger partial charge in [0.05, 0.1) is 24.8 Å². The van der Waals surface area contributed by atoms with E-state index in [4.69, 9.17) is 14.7 Å². The smallest absolute Gasteiger partial charge is 0.254 e. The molecule has 0 radical (unpaired) electrons. The molecule has 0 spiro atoms. The molecule has 0 unspecified atom stereocenters. The minimum absolute atomic E-state index is 0.0480. The zero-order chi connectivity index (χ0) is 19.6. The van der Waals surface area contributed by atoms with Crippen molar-refractivity contribution in [2.24, 2.45) is 0 Å². The molecule has 1 amide bonds. The molecular weight excluding hydrogens is 340 g/mol. The summed E-state index contributed by atoms with van der Waals surface area (Å²) in [6.07, 6.45) is 0.858. The number of nitrogens with zero attached hydrogens (tertiary/aromatic N) is 2. The van der Waals surface area contributed by atoms with Crippen LogP contribution in [0.2, 0.25) is 0 Å². The second kappa shape index (κ2) is 10.2. The molecule has 0 aliphatic carbocycles. The normalized spacial score (nSPS) is 10.1. The van der Waals surface area contributed by atoms with E-state index in [1.165, 1.54) is 0 Å². The Morgan fingerprint density at radius 1 is 1.00 bits per heavy atom. The SMILES string of the molecule is CCCN(Cc1ccc(OCC)c(OCC)c1)C(=O)c1ccc(C#N)cc1. The van der Waals surface area contributed by atoms with Crippen LogP contribution >= 0.6 is 0 Å². The highest BCUT2D eigenvalue weighted by Crippen LogP contribution is 2.29. The van der Waals surface area contributed by atoms with Crippen LogP contribution in [0.3, 0.4) is 0 Å². The van der Waals surface area contributed by atoms with Gasteiger partial charge < -0.3 is 14.4 Å². The Balaban J connectivity index is 2.22. The summed E-state index contributed by atoms with van der Waals surface area (Å²) in [7, 11) is 0. The van der Waals surface area contributed by atoms with Crippen LogP contribution in [0.1, 0.15) is 48.7 Å². The first-order valence-electron chi connectivity index (χ1n) is 9.30. The maximum atomic E-state index is 12.9. The molecule has 2 aromatic rings. The summed E-state index contributed by atoms with van der Waals surface area (Å²) in [6.45, 7) is 8.16. The molecule has 2 aromatic carbocycles. The summed E-state index contributed by atoms with van der Waals surface area (Å²) < 4.78 is 11.3. The molecule has 0 heterocycles. The Hall–Kier alpha value is -3.00. The predicted octanol–water partition coefficient (Wildman–Crippen LogP) is 4.41. The maximum Gasteiger partial charge on any atom is 0.254 e. The number of benzene rings is 2. The molecular formula is C22H26N2O3. The number of ether oxygens (including phenoxy) is 2. The minimum atomic E-state index is -0.0480. The number of amides is 1. The van der Waals surface area contributed by atoms with E-state index >= 15 is 0 Å². The molecule has 5 nitrogen and oxygen atoms in total. The largest absolute Gasteiger partial charge is 0.490 e. The third-order valence-electron chi connectivity index (χ3n) is 4.02. The highest BCUT2D eigenvalue weighted by molar-refractivity contribution is 5.94. The number of carbonyl (C=O) groups is 1. The summed E-state index contributed by atoms with van der Waals surface area (Å²) >= 11 is 0. The highest BCUT2D eigenvalue weighted by Gasteiger charge is 2.17. The Morgan fingerprint density at radius 2 is 1.67 bits per heavy atom. The third-order valence-corrected chi connectivity index (χ3v) is 4.02. The van der Waals surface area contributed by atoms with Gasteiger partial charge >= 0.3 is 0 Å². The summed E-state index contributed by atoms with van der Waals surface area (Å²) in [4.78, 5) is 14.7. The van der Waals surface area contributed by atoms with Gasteiger partial charge in [0.15, 0.2) is 11.5 Å². The summed E-state index contributed by atoms with van der Waals surface area (Å²) in [5.74, 6) is 1.36. The molecule has 0 aromatic heterocycles. The van der Waals surface area contributed by atoms with E-state index in [1.807, 2.05) is 43.9 Å². The van der Waals surface area contributed by atoms with E-state index in [9.17, 15) is 4.79 Å². The fourth-order valence-electron chi connectivity index (χ4n) is 2.81. The number of rotatable bonds is 9. The lowest BCUT2D eigenvalue weighted by molar-refractivity contribution is 0.0743. The molecule has 0 fully saturated rings. The molecule has 142 valence electrons. The zero-order valence-corrected chi connectivity index (χ0v) is 16.2. The van der Waals surface area contributed by atoms with Gasteiger partial charge in [0.1, 0.15) is 0 Å². The van der Waals surface area contributed by atoms with Gasteiger partial charge in [0.2, 0.25) is 0 Å². The Morgan fingerprint density at radius 3 is 2.26 bits per heavy atom. The quantitative estimate of drug-likeness (QED) is 0.659. The van der Waals surface area contributed by atoms with E-state index in [0.717, 1.165) is 12.0 Å². The van der Waals surface area contributed by atoms with Gasteiger partial charge in [-0.1, -0.05) is 13.0 Å². The van der Waals surface area contributed by atoms with E-state index < -0.39 is 0 Å². The van der Waals surface area contributed by atoms with Crippen LogP contribution in [0.15, 0.2) is 42.5 Å². The zero-order valence-electron chi connectivity index (χ0n) is 16.2. The molecule has 5 heteroatoms. The lowest BCUT2D eigenvalue weighted by atomic mass is 10.1. The number of carbonyl (C=O) groups excluding carboxylic acids is 1. The van der Waals surface area contributed by atoms with E-state index in [1.54, 1.807) is 24.3 Å². The first-order chi connectivity index (χ1) is 13.1. The summed E-state index contributed by atoms with van der Waals surface area (Å²) in [5, 5.41) is 8.92. The number of nitriles is 1. The van der Waals surface area contributed by atoms with Gasteiger partial charge in [0, 0.05) is 18.7 Å². The van der Waals surface area contributed by atoms with Crippen LogP contribution in [0.25, 0.3) is 0 Å². The van der Waals surface area contributed by atoms with Crippen LogP contribution in [0, 0.1) is 11.3 Å². The van der Waals surface area contributed by atoms with Crippen LogP contribution < -0.4 is 9.47 Å². The highest BCUT2D eigenvalue weighted by atomic mass is 16.5. The molecule has 0 bridgehead atoms. The first-order valence-corrected chi connectivity index (χ1v) is 9.30. The monoisotopic (exact) mass is 366 g/mol. The molecule has 0 N–H and O–H groups in total. The Kier molecular flexibility index (Phi) is 7.69. The fourth-order valence-corrected chi connectivity index (χ4v) is 2.81. The molecule has 0 saturated heterocycles. The number of hydrogen-bond donors (Lipinski definition) is 0. The van der Waals surface area contributed by atoms with Crippen LogP contribution in [-0.4, -0.2) is 30.6 Å². The molecule has 0 aliphatic rings. The minimum Gasteiger partial charge on any atom is -0.490 e. The topological polar surface area (TPSA) is 62.6 Å². The maximum absolute atomic E-state index is 12.9. The molecule has 0 aliphatic heterocycles. The van der Waals surface area contributed by atoms with E-state index in [2.05, 4.69) is 6.07 Å². The lowest BCUT2D eigenvalue weighted by Gasteiger charge is -2.23. The molecule has 27 heavy (non-hydrogen) atoms. The van der Waals surface area contributed by atoms with Gasteiger partial charge in [-0.15, -0.1) is 0 Å². The van der Waals surface area contributed by atoms with E-state index in [0.29, 0.717) is 48.9 Å². The van der Waals surface area contributed by atoms with Crippen molar-refractivity contribution in [2.45, 2.75) is 33.7 Å². The van der Waals surface area contributed by atoms with Gasteiger partial charge in [-0.3, -0.25) is 4.79 Å². The predicted molar refractivity (Wildman–Crippen MR) is 105 cm³/mol.